The van der Waals surface area contributed by atoms with Crippen LogP contribution in [0.4, 0.5) is 5.69 Å². The van der Waals surface area contributed by atoms with Crippen LogP contribution in [0.5, 0.6) is 5.75 Å². The Kier molecular flexibility index (Phi) is 5.65. The van der Waals surface area contributed by atoms with E-state index in [1.807, 2.05) is 12.1 Å². The maximum atomic E-state index is 13.4. The fourth-order valence-electron chi connectivity index (χ4n) is 3.47. The highest BCUT2D eigenvalue weighted by Crippen LogP contribution is 2.46. The zero-order chi connectivity index (χ0) is 21.6. The summed E-state index contributed by atoms with van der Waals surface area (Å²) in [6.07, 6.45) is 2.07. The maximum absolute atomic E-state index is 13.4. The van der Waals surface area contributed by atoms with Crippen molar-refractivity contribution in [2.45, 2.75) is 72.1 Å². The van der Waals surface area contributed by atoms with Gasteiger partial charge in [-0.3, -0.25) is 9.59 Å². The highest BCUT2D eigenvalue weighted by atomic mass is 32.1. The molecule has 0 aliphatic carbocycles. The summed E-state index contributed by atoms with van der Waals surface area (Å²) in [6.45, 7) is 15.3. The summed E-state index contributed by atoms with van der Waals surface area (Å²) >= 11 is 1.61. The summed E-state index contributed by atoms with van der Waals surface area (Å²) in [6, 6.07) is 7.23. The number of benzene rings is 1. The Bertz CT molecular complexity index is 878. The van der Waals surface area contributed by atoms with Gasteiger partial charge in [-0.15, -0.1) is 11.3 Å². The molecule has 5 heteroatoms. The average molecular weight is 414 g/mol. The monoisotopic (exact) mass is 413 g/mol. The van der Waals surface area contributed by atoms with E-state index in [4.69, 9.17) is 4.74 Å². The maximum Gasteiger partial charge on any atom is 0.267 e. The van der Waals surface area contributed by atoms with Gasteiger partial charge in [-0.05, 0) is 41.5 Å². The van der Waals surface area contributed by atoms with Gasteiger partial charge in [-0.25, -0.2) is 4.90 Å². The number of thiophene rings is 1. The molecule has 1 aromatic carbocycles. The SMILES string of the molecule is CCCCOc1ccc(N2C(=O)c3c(C(C)(C)C)sc(C(C)(C)C)c3C2=O)cc1. The molecular weight excluding hydrogens is 382 g/mol. The third-order valence-corrected chi connectivity index (χ3v) is 7.01. The van der Waals surface area contributed by atoms with Crippen LogP contribution in [0.25, 0.3) is 0 Å². The second kappa shape index (κ2) is 7.60. The molecule has 4 nitrogen and oxygen atoms in total. The van der Waals surface area contributed by atoms with Gasteiger partial charge in [-0.1, -0.05) is 54.9 Å². The van der Waals surface area contributed by atoms with Crippen LogP contribution in [0.1, 0.15) is 91.8 Å². The van der Waals surface area contributed by atoms with Crippen molar-refractivity contribution in [2.24, 2.45) is 0 Å². The van der Waals surface area contributed by atoms with Crippen molar-refractivity contribution < 1.29 is 14.3 Å². The molecule has 2 heterocycles. The average Bonchev–Trinajstić information content (AvgIpc) is 3.14. The first kappa shape index (κ1) is 21.6. The highest BCUT2D eigenvalue weighted by Gasteiger charge is 2.46. The molecule has 0 bridgehead atoms. The minimum Gasteiger partial charge on any atom is -0.494 e. The zero-order valence-electron chi connectivity index (χ0n) is 18.5. The first-order valence-electron chi connectivity index (χ1n) is 10.3. The molecule has 1 aromatic heterocycles. The molecule has 0 fully saturated rings. The zero-order valence-corrected chi connectivity index (χ0v) is 19.3. The topological polar surface area (TPSA) is 46.6 Å². The Morgan fingerprint density at radius 3 is 1.76 bits per heavy atom. The molecule has 2 aromatic rings. The smallest absolute Gasteiger partial charge is 0.267 e. The number of amides is 2. The van der Waals surface area contributed by atoms with Gasteiger partial charge in [0.15, 0.2) is 0 Å². The van der Waals surface area contributed by atoms with Gasteiger partial charge in [0.25, 0.3) is 11.8 Å². The summed E-state index contributed by atoms with van der Waals surface area (Å²) in [5.74, 6) is 0.309. The van der Waals surface area contributed by atoms with E-state index in [9.17, 15) is 9.59 Å². The minimum absolute atomic E-state index is 0.207. The van der Waals surface area contributed by atoms with Crippen LogP contribution < -0.4 is 9.64 Å². The number of hydrogen-bond acceptors (Lipinski definition) is 4. The van der Waals surface area contributed by atoms with Crippen molar-refractivity contribution in [3.63, 3.8) is 0 Å². The first-order chi connectivity index (χ1) is 13.5. The van der Waals surface area contributed by atoms with E-state index in [-0.39, 0.29) is 22.6 Å². The van der Waals surface area contributed by atoms with Crippen molar-refractivity contribution in [2.75, 3.05) is 11.5 Å². The lowest BCUT2D eigenvalue weighted by molar-refractivity contribution is 0.0924. The van der Waals surface area contributed by atoms with Gasteiger partial charge < -0.3 is 4.74 Å². The lowest BCUT2D eigenvalue weighted by atomic mass is 9.87. The first-order valence-corrected chi connectivity index (χ1v) is 11.1. The summed E-state index contributed by atoms with van der Waals surface area (Å²) < 4.78 is 5.71. The Hall–Kier alpha value is -2.14. The molecule has 0 saturated carbocycles. The summed E-state index contributed by atoms with van der Waals surface area (Å²) in [7, 11) is 0. The molecule has 0 spiro atoms. The van der Waals surface area contributed by atoms with E-state index in [0.717, 1.165) is 28.3 Å². The van der Waals surface area contributed by atoms with Crippen LogP contribution in [0.3, 0.4) is 0 Å². The number of unbranched alkanes of at least 4 members (excludes halogenated alkanes) is 1. The quantitative estimate of drug-likeness (QED) is 0.425. The minimum atomic E-state index is -0.221. The van der Waals surface area contributed by atoms with Gasteiger partial charge in [0.1, 0.15) is 5.75 Å². The number of hydrogen-bond donors (Lipinski definition) is 0. The molecule has 3 rings (SSSR count). The van der Waals surface area contributed by atoms with Crippen LogP contribution in [0, 0.1) is 0 Å². The van der Waals surface area contributed by atoms with Gasteiger partial charge in [-0.2, -0.15) is 0 Å². The fraction of sp³-hybridized carbons (Fsp3) is 0.500. The Morgan fingerprint density at radius 2 is 1.34 bits per heavy atom. The van der Waals surface area contributed by atoms with Crippen molar-refractivity contribution in [3.8, 4) is 5.75 Å². The van der Waals surface area contributed by atoms with Gasteiger partial charge in [0.05, 0.1) is 23.4 Å². The van der Waals surface area contributed by atoms with Crippen LogP contribution in [0.15, 0.2) is 24.3 Å². The second-order valence-electron chi connectivity index (χ2n) is 9.65. The van der Waals surface area contributed by atoms with Gasteiger partial charge in [0, 0.05) is 9.75 Å². The number of ether oxygens (including phenoxy) is 1. The van der Waals surface area contributed by atoms with Crippen LogP contribution >= 0.6 is 11.3 Å². The summed E-state index contributed by atoms with van der Waals surface area (Å²) in [5.41, 5.74) is 1.34. The molecule has 0 saturated heterocycles. The number of rotatable bonds is 5. The predicted octanol–water partition coefficient (Wildman–Crippen LogP) is 6.32. The van der Waals surface area contributed by atoms with Crippen molar-refractivity contribution in [1.82, 2.24) is 0 Å². The second-order valence-corrected chi connectivity index (χ2v) is 10.7. The van der Waals surface area contributed by atoms with E-state index < -0.39 is 0 Å². The molecule has 0 radical (unpaired) electrons. The highest BCUT2D eigenvalue weighted by molar-refractivity contribution is 7.13. The van der Waals surface area contributed by atoms with Crippen LogP contribution in [-0.2, 0) is 10.8 Å². The molecule has 156 valence electrons. The predicted molar refractivity (Wildman–Crippen MR) is 120 cm³/mol. The molecular formula is C24H31NO3S. The summed E-state index contributed by atoms with van der Waals surface area (Å²) in [5, 5.41) is 0. The molecule has 2 amide bonds. The number of carbonyl (C=O) groups is 2. The van der Waals surface area contributed by atoms with Crippen molar-refractivity contribution in [3.05, 3.63) is 45.1 Å². The van der Waals surface area contributed by atoms with Crippen molar-refractivity contribution in [1.29, 1.82) is 0 Å². The summed E-state index contributed by atoms with van der Waals surface area (Å²) in [4.78, 5) is 30.1. The number of nitrogens with zero attached hydrogens (tertiary/aromatic N) is 1. The molecule has 0 atom stereocenters. The van der Waals surface area contributed by atoms with Gasteiger partial charge >= 0.3 is 0 Å². The lowest BCUT2D eigenvalue weighted by Gasteiger charge is -2.22. The van der Waals surface area contributed by atoms with Gasteiger partial charge in [0.2, 0.25) is 0 Å². The third-order valence-electron chi connectivity index (χ3n) is 4.97. The van der Waals surface area contributed by atoms with E-state index in [0.29, 0.717) is 23.4 Å². The largest absolute Gasteiger partial charge is 0.494 e. The number of imide groups is 1. The van der Waals surface area contributed by atoms with E-state index >= 15 is 0 Å². The molecule has 1 aliphatic heterocycles. The Labute approximate surface area is 177 Å². The van der Waals surface area contributed by atoms with E-state index in [1.165, 1.54) is 4.90 Å². The van der Waals surface area contributed by atoms with Crippen molar-refractivity contribution >= 4 is 28.8 Å². The van der Waals surface area contributed by atoms with E-state index in [2.05, 4.69) is 48.5 Å². The standard InChI is InChI=1S/C24H31NO3S/c1-8-9-14-28-16-12-10-15(11-13-16)25-21(26)17-18(22(25)27)20(24(5,6)7)29-19(17)23(2,3)4/h10-13H,8-9,14H2,1-7H3. The van der Waals surface area contributed by atoms with Crippen LogP contribution in [0.2, 0.25) is 0 Å². The van der Waals surface area contributed by atoms with E-state index in [1.54, 1.807) is 23.5 Å². The number of fused-ring (bicyclic) bond motifs is 1. The molecule has 0 N–H and O–H groups in total. The molecule has 29 heavy (non-hydrogen) atoms. The Morgan fingerprint density at radius 1 is 0.862 bits per heavy atom. The lowest BCUT2D eigenvalue weighted by Crippen LogP contribution is -2.31. The number of carbonyl (C=O) groups excluding carboxylic acids is 2. The fourth-order valence-corrected chi connectivity index (χ4v) is 4.87. The third kappa shape index (κ3) is 3.97. The molecule has 1 aliphatic rings. The Balaban J connectivity index is 2.01. The normalized spacial score (nSPS) is 14.5. The number of anilines is 1. The van der Waals surface area contributed by atoms with Crippen LogP contribution in [-0.4, -0.2) is 18.4 Å². The molecule has 0 unspecified atom stereocenters.